The molecule has 4 heteroatoms. The third-order valence-corrected chi connectivity index (χ3v) is 3.27. The topological polar surface area (TPSA) is 54.5 Å². The third-order valence-electron chi connectivity index (χ3n) is 3.27. The molecule has 0 aliphatic carbocycles. The van der Waals surface area contributed by atoms with Gasteiger partial charge in [0.1, 0.15) is 5.65 Å². The lowest BCUT2D eigenvalue weighted by atomic mass is 10.1. The van der Waals surface area contributed by atoms with E-state index in [1.807, 2.05) is 36.8 Å². The van der Waals surface area contributed by atoms with Crippen molar-refractivity contribution in [2.24, 2.45) is 0 Å². The van der Waals surface area contributed by atoms with Gasteiger partial charge in [-0.15, -0.1) is 0 Å². The number of fused-ring (bicyclic) bond motifs is 2. The van der Waals surface area contributed by atoms with Crippen LogP contribution in [0.5, 0.6) is 0 Å². The summed E-state index contributed by atoms with van der Waals surface area (Å²) in [5.41, 5.74) is 2.91. The van der Waals surface area contributed by atoms with Gasteiger partial charge in [0.05, 0.1) is 5.69 Å². The largest absolute Gasteiger partial charge is 0.345 e. The molecule has 90 valence electrons. The minimum Gasteiger partial charge on any atom is -0.345 e. The van der Waals surface area contributed by atoms with Crippen molar-refractivity contribution < 1.29 is 0 Å². The van der Waals surface area contributed by atoms with Crippen LogP contribution in [0.1, 0.15) is 0 Å². The van der Waals surface area contributed by atoms with Gasteiger partial charge < -0.3 is 4.98 Å². The average Bonchev–Trinajstić information content (AvgIpc) is 2.90. The molecule has 1 N–H and O–H groups in total. The van der Waals surface area contributed by atoms with Gasteiger partial charge in [-0.05, 0) is 24.3 Å². The predicted octanol–water partition coefficient (Wildman–Crippen LogP) is 3.17. The van der Waals surface area contributed by atoms with Gasteiger partial charge in [-0.25, -0.2) is 4.98 Å². The molecule has 0 bridgehead atoms. The summed E-state index contributed by atoms with van der Waals surface area (Å²) >= 11 is 0. The number of rotatable bonds is 1. The molecular weight excluding hydrogens is 236 g/mol. The monoisotopic (exact) mass is 246 g/mol. The van der Waals surface area contributed by atoms with Crippen LogP contribution in [0.2, 0.25) is 0 Å². The maximum Gasteiger partial charge on any atom is 0.137 e. The van der Waals surface area contributed by atoms with Crippen molar-refractivity contribution in [3.8, 4) is 11.3 Å². The Kier molecular flexibility index (Phi) is 2.08. The van der Waals surface area contributed by atoms with E-state index in [-0.39, 0.29) is 0 Å². The molecule has 4 heterocycles. The summed E-state index contributed by atoms with van der Waals surface area (Å²) < 4.78 is 0. The number of aromatic amines is 1. The first-order valence-corrected chi connectivity index (χ1v) is 6.05. The van der Waals surface area contributed by atoms with Gasteiger partial charge in [-0.2, -0.15) is 0 Å². The average molecular weight is 246 g/mol. The lowest BCUT2D eigenvalue weighted by Gasteiger charge is -2.03. The predicted molar refractivity (Wildman–Crippen MR) is 74.6 cm³/mol. The fourth-order valence-electron chi connectivity index (χ4n) is 2.38. The lowest BCUT2D eigenvalue weighted by molar-refractivity contribution is 1.31. The Morgan fingerprint density at radius 3 is 2.89 bits per heavy atom. The summed E-state index contributed by atoms with van der Waals surface area (Å²) in [6, 6.07) is 7.95. The maximum absolute atomic E-state index is 4.52. The highest BCUT2D eigenvalue weighted by molar-refractivity contribution is 6.02. The van der Waals surface area contributed by atoms with Crippen molar-refractivity contribution >= 4 is 21.8 Å². The van der Waals surface area contributed by atoms with Gasteiger partial charge in [0.25, 0.3) is 0 Å². The number of aromatic nitrogens is 4. The van der Waals surface area contributed by atoms with Crippen molar-refractivity contribution in [2.75, 3.05) is 0 Å². The van der Waals surface area contributed by atoms with Gasteiger partial charge in [0.2, 0.25) is 0 Å². The van der Waals surface area contributed by atoms with Crippen LogP contribution in [0.25, 0.3) is 33.1 Å². The van der Waals surface area contributed by atoms with E-state index in [2.05, 4.69) is 26.0 Å². The van der Waals surface area contributed by atoms with E-state index in [0.717, 1.165) is 33.1 Å². The van der Waals surface area contributed by atoms with Crippen molar-refractivity contribution in [1.29, 1.82) is 0 Å². The first-order valence-electron chi connectivity index (χ1n) is 6.05. The molecule has 4 nitrogen and oxygen atoms in total. The molecule has 0 saturated heterocycles. The van der Waals surface area contributed by atoms with E-state index >= 15 is 0 Å². The first-order chi connectivity index (χ1) is 9.43. The fraction of sp³-hybridized carbons (Fsp3) is 0. The van der Waals surface area contributed by atoms with E-state index < -0.39 is 0 Å². The minimum atomic E-state index is 0.880. The second kappa shape index (κ2) is 3.88. The Morgan fingerprint density at radius 1 is 0.895 bits per heavy atom. The van der Waals surface area contributed by atoms with Crippen LogP contribution in [0, 0.1) is 0 Å². The molecule has 0 fully saturated rings. The maximum atomic E-state index is 4.52. The molecule has 19 heavy (non-hydrogen) atoms. The molecule has 4 aromatic heterocycles. The zero-order chi connectivity index (χ0) is 12.7. The Labute approximate surface area is 109 Å². The molecule has 0 aliphatic rings. The quantitative estimate of drug-likeness (QED) is 0.561. The highest BCUT2D eigenvalue weighted by Crippen LogP contribution is 2.30. The van der Waals surface area contributed by atoms with Crippen LogP contribution in [0.15, 0.2) is 55.2 Å². The van der Waals surface area contributed by atoms with Gasteiger partial charge in [0, 0.05) is 52.7 Å². The Balaban J connectivity index is 2.10. The molecule has 0 aliphatic heterocycles. The van der Waals surface area contributed by atoms with E-state index in [0.29, 0.717) is 0 Å². The molecule has 0 radical (unpaired) electrons. The van der Waals surface area contributed by atoms with Crippen LogP contribution >= 0.6 is 0 Å². The summed E-state index contributed by atoms with van der Waals surface area (Å²) in [5.74, 6) is 0. The van der Waals surface area contributed by atoms with Crippen molar-refractivity contribution in [1.82, 2.24) is 19.9 Å². The van der Waals surface area contributed by atoms with Gasteiger partial charge in [0.15, 0.2) is 0 Å². The summed E-state index contributed by atoms with van der Waals surface area (Å²) in [7, 11) is 0. The van der Waals surface area contributed by atoms with Crippen molar-refractivity contribution in [3.63, 3.8) is 0 Å². The van der Waals surface area contributed by atoms with Gasteiger partial charge in [-0.3, -0.25) is 9.97 Å². The number of H-pyrrole nitrogens is 1. The van der Waals surface area contributed by atoms with Crippen LogP contribution in [0.3, 0.4) is 0 Å². The van der Waals surface area contributed by atoms with Crippen LogP contribution in [-0.4, -0.2) is 19.9 Å². The molecule has 0 saturated carbocycles. The number of hydrogen-bond acceptors (Lipinski definition) is 3. The van der Waals surface area contributed by atoms with Crippen LogP contribution in [-0.2, 0) is 0 Å². The Morgan fingerprint density at radius 2 is 1.89 bits per heavy atom. The smallest absolute Gasteiger partial charge is 0.137 e. The molecule has 4 rings (SSSR count). The molecule has 0 unspecified atom stereocenters. The summed E-state index contributed by atoms with van der Waals surface area (Å²) in [4.78, 5) is 16.2. The van der Waals surface area contributed by atoms with E-state index in [4.69, 9.17) is 0 Å². The highest BCUT2D eigenvalue weighted by Gasteiger charge is 2.10. The number of nitrogens with zero attached hydrogens (tertiary/aromatic N) is 3. The zero-order valence-corrected chi connectivity index (χ0v) is 10.0. The standard InChI is InChI=1S/C15H10N4/c1-2-12-13(9-19-15(12)18-5-1)14-11-4-6-16-8-10(11)3-7-17-14/h1-9H,(H,18,19). The molecule has 4 aromatic rings. The fourth-order valence-corrected chi connectivity index (χ4v) is 2.38. The van der Waals surface area contributed by atoms with E-state index in [1.54, 1.807) is 12.4 Å². The second-order valence-corrected chi connectivity index (χ2v) is 4.36. The lowest BCUT2D eigenvalue weighted by Crippen LogP contribution is -1.85. The first kappa shape index (κ1) is 10.2. The number of nitrogens with one attached hydrogen (secondary N) is 1. The summed E-state index contributed by atoms with van der Waals surface area (Å²) in [6.07, 6.45) is 9.20. The van der Waals surface area contributed by atoms with Gasteiger partial charge in [-0.1, -0.05) is 0 Å². The van der Waals surface area contributed by atoms with Crippen LogP contribution in [0.4, 0.5) is 0 Å². The third kappa shape index (κ3) is 1.50. The molecule has 0 amide bonds. The summed E-state index contributed by atoms with van der Waals surface area (Å²) in [5, 5.41) is 3.27. The Hall–Kier alpha value is -2.75. The minimum absolute atomic E-state index is 0.880. The molecular formula is C15H10N4. The molecule has 0 spiro atoms. The van der Waals surface area contributed by atoms with E-state index in [9.17, 15) is 0 Å². The SMILES string of the molecule is c1cnc2[nH]cc(-c3nccc4cnccc34)c2c1. The van der Waals surface area contributed by atoms with Crippen molar-refractivity contribution in [3.05, 3.63) is 55.2 Å². The Bertz CT molecular complexity index is 874. The number of hydrogen-bond donors (Lipinski definition) is 1. The second-order valence-electron chi connectivity index (χ2n) is 4.36. The van der Waals surface area contributed by atoms with Gasteiger partial charge >= 0.3 is 0 Å². The van der Waals surface area contributed by atoms with E-state index in [1.165, 1.54) is 0 Å². The number of pyridine rings is 3. The molecule has 0 atom stereocenters. The highest BCUT2D eigenvalue weighted by atomic mass is 14.8. The normalized spacial score (nSPS) is 11.2. The van der Waals surface area contributed by atoms with Crippen molar-refractivity contribution in [2.45, 2.75) is 0 Å². The van der Waals surface area contributed by atoms with Crippen LogP contribution < -0.4 is 0 Å². The summed E-state index contributed by atoms with van der Waals surface area (Å²) in [6.45, 7) is 0. The molecule has 0 aromatic carbocycles. The zero-order valence-electron chi connectivity index (χ0n) is 10.0.